The number of rotatable bonds is 1. The quantitative estimate of drug-likeness (QED) is 0.718. The van der Waals surface area contributed by atoms with Crippen LogP contribution < -0.4 is 0 Å². The zero-order chi connectivity index (χ0) is 9.54. The Balaban J connectivity index is 1.79. The largest absolute Gasteiger partial charge is 0.388 e. The second-order valence-corrected chi connectivity index (χ2v) is 3.80. The van der Waals surface area contributed by atoms with Crippen molar-refractivity contribution < 1.29 is 14.6 Å². The van der Waals surface area contributed by atoms with Gasteiger partial charge in [0.05, 0.1) is 6.61 Å². The summed E-state index contributed by atoms with van der Waals surface area (Å²) in [7, 11) is 0. The average molecular weight is 192 g/mol. The van der Waals surface area contributed by atoms with Crippen LogP contribution >= 0.6 is 0 Å². The molecule has 1 N–H and O–H groups in total. The summed E-state index contributed by atoms with van der Waals surface area (Å²) in [4.78, 5) is 0. The molecular weight excluding hydrogens is 180 g/mol. The van der Waals surface area contributed by atoms with Crippen molar-refractivity contribution in [1.82, 2.24) is 0 Å². The van der Waals surface area contributed by atoms with Crippen LogP contribution in [0.25, 0.3) is 0 Å². The van der Waals surface area contributed by atoms with E-state index in [1.807, 2.05) is 30.3 Å². The van der Waals surface area contributed by atoms with Gasteiger partial charge in [-0.2, -0.15) is 0 Å². The Bertz CT molecular complexity index is 325. The molecule has 0 radical (unpaired) electrons. The van der Waals surface area contributed by atoms with Gasteiger partial charge < -0.3 is 14.6 Å². The first-order valence-electron chi connectivity index (χ1n) is 4.86. The third kappa shape index (κ3) is 1.10. The van der Waals surface area contributed by atoms with Crippen molar-refractivity contribution in [1.29, 1.82) is 0 Å². The van der Waals surface area contributed by atoms with Crippen LogP contribution in [-0.4, -0.2) is 30.0 Å². The lowest BCUT2D eigenvalue weighted by Gasteiger charge is -2.40. The van der Waals surface area contributed by atoms with Gasteiger partial charge in [0.1, 0.15) is 24.4 Å². The van der Waals surface area contributed by atoms with E-state index in [9.17, 15) is 5.11 Å². The molecule has 2 heterocycles. The Labute approximate surface area is 82.3 Å². The number of aliphatic hydroxyl groups excluding tert-OH is 1. The van der Waals surface area contributed by atoms with Gasteiger partial charge in [-0.15, -0.1) is 0 Å². The third-order valence-corrected chi connectivity index (χ3v) is 2.89. The van der Waals surface area contributed by atoms with E-state index in [0.717, 1.165) is 5.56 Å². The Hall–Kier alpha value is -0.900. The van der Waals surface area contributed by atoms with Crippen LogP contribution in [0.4, 0.5) is 0 Å². The molecule has 3 rings (SSSR count). The summed E-state index contributed by atoms with van der Waals surface area (Å²) in [5.74, 6) is 0. The summed E-state index contributed by atoms with van der Waals surface area (Å²) in [5.41, 5.74) is 1.13. The van der Waals surface area contributed by atoms with Gasteiger partial charge in [0.2, 0.25) is 0 Å². The Morgan fingerprint density at radius 3 is 2.64 bits per heavy atom. The molecule has 74 valence electrons. The second-order valence-electron chi connectivity index (χ2n) is 3.80. The number of hydrogen-bond donors (Lipinski definition) is 1. The Morgan fingerprint density at radius 1 is 1.14 bits per heavy atom. The SMILES string of the molecule is O[C@@H]1CO[C@@H]2[C@H]1O[C@@H]2c1ccccc1. The molecular formula is C11H12O3. The van der Waals surface area contributed by atoms with Crippen molar-refractivity contribution in [3.8, 4) is 0 Å². The molecule has 0 aliphatic carbocycles. The highest BCUT2D eigenvalue weighted by molar-refractivity contribution is 5.22. The van der Waals surface area contributed by atoms with Crippen LogP contribution in [0.3, 0.4) is 0 Å². The Kier molecular flexibility index (Phi) is 1.83. The van der Waals surface area contributed by atoms with E-state index in [0.29, 0.717) is 6.61 Å². The molecule has 2 saturated heterocycles. The molecule has 0 unspecified atom stereocenters. The summed E-state index contributed by atoms with van der Waals surface area (Å²) in [6.45, 7) is 0.401. The van der Waals surface area contributed by atoms with Crippen LogP contribution in [0.2, 0.25) is 0 Å². The van der Waals surface area contributed by atoms with Crippen LogP contribution in [0.5, 0.6) is 0 Å². The van der Waals surface area contributed by atoms with E-state index in [2.05, 4.69) is 0 Å². The zero-order valence-electron chi connectivity index (χ0n) is 7.67. The average Bonchev–Trinajstić information content (AvgIpc) is 2.44. The first-order valence-corrected chi connectivity index (χ1v) is 4.86. The molecule has 1 aromatic carbocycles. The van der Waals surface area contributed by atoms with Gasteiger partial charge in [0.25, 0.3) is 0 Å². The smallest absolute Gasteiger partial charge is 0.117 e. The summed E-state index contributed by atoms with van der Waals surface area (Å²) in [6, 6.07) is 9.99. The highest BCUT2D eigenvalue weighted by Gasteiger charge is 2.52. The summed E-state index contributed by atoms with van der Waals surface area (Å²) < 4.78 is 11.0. The van der Waals surface area contributed by atoms with E-state index < -0.39 is 6.10 Å². The van der Waals surface area contributed by atoms with Crippen molar-refractivity contribution >= 4 is 0 Å². The van der Waals surface area contributed by atoms with E-state index >= 15 is 0 Å². The highest BCUT2D eigenvalue weighted by atomic mass is 16.6. The fourth-order valence-electron chi connectivity index (χ4n) is 2.11. The minimum Gasteiger partial charge on any atom is -0.388 e. The highest BCUT2D eigenvalue weighted by Crippen LogP contribution is 2.42. The molecule has 0 aromatic heterocycles. The molecule has 2 fully saturated rings. The first kappa shape index (κ1) is 8.41. The fourth-order valence-corrected chi connectivity index (χ4v) is 2.11. The minimum absolute atomic E-state index is 0.0124. The van der Waals surface area contributed by atoms with Gasteiger partial charge in [-0.3, -0.25) is 0 Å². The van der Waals surface area contributed by atoms with Gasteiger partial charge in [0, 0.05) is 0 Å². The maximum Gasteiger partial charge on any atom is 0.117 e. The predicted molar refractivity (Wildman–Crippen MR) is 49.8 cm³/mol. The molecule has 0 saturated carbocycles. The Morgan fingerprint density at radius 2 is 1.93 bits per heavy atom. The molecule has 3 heteroatoms. The molecule has 2 aliphatic heterocycles. The molecule has 1 aromatic rings. The van der Waals surface area contributed by atoms with E-state index in [-0.39, 0.29) is 18.3 Å². The van der Waals surface area contributed by atoms with Crippen LogP contribution in [0, 0.1) is 0 Å². The number of fused-ring (bicyclic) bond motifs is 1. The van der Waals surface area contributed by atoms with Crippen LogP contribution in [0.1, 0.15) is 11.7 Å². The van der Waals surface area contributed by atoms with Crippen molar-refractivity contribution in [3.63, 3.8) is 0 Å². The van der Waals surface area contributed by atoms with Gasteiger partial charge in [-0.05, 0) is 5.56 Å². The summed E-state index contributed by atoms with van der Waals surface area (Å²) in [5, 5.41) is 9.43. The minimum atomic E-state index is -0.444. The lowest BCUT2D eigenvalue weighted by molar-refractivity contribution is -0.215. The fraction of sp³-hybridized carbons (Fsp3) is 0.455. The number of ether oxygens (including phenoxy) is 2. The predicted octanol–water partition coefficient (Wildman–Crippen LogP) is 0.886. The maximum absolute atomic E-state index is 9.43. The van der Waals surface area contributed by atoms with Crippen molar-refractivity contribution in [2.45, 2.75) is 24.4 Å². The van der Waals surface area contributed by atoms with Crippen molar-refractivity contribution in [2.75, 3.05) is 6.61 Å². The monoisotopic (exact) mass is 192 g/mol. The lowest BCUT2D eigenvalue weighted by Crippen LogP contribution is -2.49. The van der Waals surface area contributed by atoms with Crippen molar-refractivity contribution in [3.05, 3.63) is 35.9 Å². The zero-order valence-corrected chi connectivity index (χ0v) is 7.67. The first-order chi connectivity index (χ1) is 6.86. The maximum atomic E-state index is 9.43. The normalized spacial score (nSPS) is 40.4. The van der Waals surface area contributed by atoms with E-state index in [1.54, 1.807) is 0 Å². The van der Waals surface area contributed by atoms with Gasteiger partial charge in [-0.1, -0.05) is 30.3 Å². The molecule has 0 bridgehead atoms. The standard InChI is InChI=1S/C11H12O3/c12-8-6-13-11-9(14-10(8)11)7-4-2-1-3-5-7/h1-5,8-12H,6H2/t8-,9-,10+,11+/m1/s1. The van der Waals surface area contributed by atoms with Crippen molar-refractivity contribution in [2.24, 2.45) is 0 Å². The van der Waals surface area contributed by atoms with E-state index in [1.165, 1.54) is 0 Å². The molecule has 0 spiro atoms. The molecule has 0 amide bonds. The molecule has 2 aliphatic rings. The molecule has 4 atom stereocenters. The van der Waals surface area contributed by atoms with Crippen LogP contribution in [0.15, 0.2) is 30.3 Å². The second kappa shape index (κ2) is 3.05. The lowest BCUT2D eigenvalue weighted by atomic mass is 9.93. The van der Waals surface area contributed by atoms with Crippen LogP contribution in [-0.2, 0) is 9.47 Å². The molecule has 14 heavy (non-hydrogen) atoms. The summed E-state index contributed by atoms with van der Waals surface area (Å²) >= 11 is 0. The van der Waals surface area contributed by atoms with Gasteiger partial charge >= 0.3 is 0 Å². The topological polar surface area (TPSA) is 38.7 Å². The number of benzene rings is 1. The van der Waals surface area contributed by atoms with Gasteiger partial charge in [-0.25, -0.2) is 0 Å². The third-order valence-electron chi connectivity index (χ3n) is 2.89. The summed E-state index contributed by atoms with van der Waals surface area (Å²) in [6.07, 6.45) is -0.495. The molecule has 3 nitrogen and oxygen atoms in total. The number of hydrogen-bond acceptors (Lipinski definition) is 3. The number of aliphatic hydroxyl groups is 1. The van der Waals surface area contributed by atoms with Gasteiger partial charge in [0.15, 0.2) is 0 Å². The van der Waals surface area contributed by atoms with E-state index in [4.69, 9.17) is 9.47 Å².